The van der Waals surface area contributed by atoms with E-state index in [1.54, 1.807) is 37.0 Å². The Morgan fingerprint density at radius 3 is 2.95 bits per heavy atom. The number of hydrogen-bond donors (Lipinski definition) is 2. The number of nitrogens with one attached hydrogen (secondary N) is 2. The van der Waals surface area contributed by atoms with Gasteiger partial charge in [0.2, 0.25) is 10.0 Å². The van der Waals surface area contributed by atoms with Crippen LogP contribution in [0.1, 0.15) is 24.4 Å². The van der Waals surface area contributed by atoms with E-state index in [1.807, 2.05) is 6.07 Å². The maximum atomic E-state index is 12.5. The van der Waals surface area contributed by atoms with Crippen LogP contribution in [0, 0.1) is 0 Å². The smallest absolute Gasteiger partial charge is 0.241 e. The van der Waals surface area contributed by atoms with Gasteiger partial charge in [-0.05, 0) is 31.0 Å². The van der Waals surface area contributed by atoms with Gasteiger partial charge in [-0.25, -0.2) is 13.1 Å². The van der Waals surface area contributed by atoms with Gasteiger partial charge in [-0.2, -0.15) is 0 Å². The van der Waals surface area contributed by atoms with E-state index in [1.165, 1.54) is 0 Å². The van der Waals surface area contributed by atoms with Crippen LogP contribution in [0.4, 0.5) is 5.69 Å². The molecule has 0 amide bonds. The predicted octanol–water partition coefficient (Wildman–Crippen LogP) is 0.823. The maximum Gasteiger partial charge on any atom is 0.241 e. The van der Waals surface area contributed by atoms with Gasteiger partial charge in [0.25, 0.3) is 0 Å². The lowest BCUT2D eigenvalue weighted by atomic mass is 10.2. The van der Waals surface area contributed by atoms with Crippen molar-refractivity contribution in [1.29, 1.82) is 0 Å². The quantitative estimate of drug-likeness (QED) is 0.873. The number of hydrogen-bond acceptors (Lipinski definition) is 5. The van der Waals surface area contributed by atoms with Crippen LogP contribution in [0.2, 0.25) is 0 Å². The van der Waals surface area contributed by atoms with Crippen LogP contribution in [0.25, 0.3) is 0 Å². The summed E-state index contributed by atoms with van der Waals surface area (Å²) in [7, 11) is -1.82. The second kappa shape index (κ2) is 5.12. The number of sulfonamides is 1. The highest BCUT2D eigenvalue weighted by molar-refractivity contribution is 7.89. The summed E-state index contributed by atoms with van der Waals surface area (Å²) in [6.07, 6.45) is 2.47. The van der Waals surface area contributed by atoms with Crippen molar-refractivity contribution in [3.8, 4) is 0 Å². The van der Waals surface area contributed by atoms with Crippen molar-refractivity contribution in [2.24, 2.45) is 7.05 Å². The van der Waals surface area contributed by atoms with Gasteiger partial charge in [-0.15, -0.1) is 10.2 Å². The second-order valence-electron chi connectivity index (χ2n) is 5.14. The molecule has 1 unspecified atom stereocenters. The van der Waals surface area contributed by atoms with Crippen LogP contribution in [-0.2, 0) is 23.5 Å². The van der Waals surface area contributed by atoms with Crippen LogP contribution >= 0.6 is 0 Å². The number of aryl methyl sites for hydroxylation is 1. The Balaban J connectivity index is 1.86. The Hall–Kier alpha value is -1.93. The van der Waals surface area contributed by atoms with Crippen molar-refractivity contribution in [2.45, 2.75) is 24.3 Å². The van der Waals surface area contributed by atoms with Crippen molar-refractivity contribution < 1.29 is 8.42 Å². The molecule has 0 saturated carbocycles. The highest BCUT2D eigenvalue weighted by Gasteiger charge is 2.22. The highest BCUT2D eigenvalue weighted by atomic mass is 32.2. The standard InChI is InChI=1S/C13H17N5O2S/c1-9(13-16-15-8-18(13)2)17-21(19,20)11-4-3-10-5-6-14-12(10)7-11/h3-4,7-9,14,17H,5-6H2,1-2H3. The molecule has 0 bridgehead atoms. The van der Waals surface area contributed by atoms with Gasteiger partial charge in [0.05, 0.1) is 10.9 Å². The summed E-state index contributed by atoms with van der Waals surface area (Å²) in [4.78, 5) is 0.254. The van der Waals surface area contributed by atoms with Crippen molar-refractivity contribution in [3.05, 3.63) is 35.9 Å². The third kappa shape index (κ3) is 2.64. The second-order valence-corrected chi connectivity index (χ2v) is 6.85. The first kappa shape index (κ1) is 14.0. The van der Waals surface area contributed by atoms with Crippen LogP contribution in [0.3, 0.4) is 0 Å². The predicted molar refractivity (Wildman–Crippen MR) is 78.4 cm³/mol. The molecule has 2 heterocycles. The molecule has 8 heteroatoms. The first-order valence-electron chi connectivity index (χ1n) is 6.70. The van der Waals surface area contributed by atoms with Crippen LogP contribution < -0.4 is 10.0 Å². The topological polar surface area (TPSA) is 88.9 Å². The molecule has 0 fully saturated rings. The third-order valence-corrected chi connectivity index (χ3v) is 5.11. The molecule has 112 valence electrons. The Morgan fingerprint density at radius 1 is 1.43 bits per heavy atom. The molecular formula is C13H17N5O2S. The van der Waals surface area contributed by atoms with Crippen molar-refractivity contribution in [2.75, 3.05) is 11.9 Å². The molecule has 3 rings (SSSR count). The average Bonchev–Trinajstić information content (AvgIpc) is 3.05. The maximum absolute atomic E-state index is 12.5. The summed E-state index contributed by atoms with van der Waals surface area (Å²) in [6.45, 7) is 2.59. The minimum atomic E-state index is -3.59. The summed E-state index contributed by atoms with van der Waals surface area (Å²) < 4.78 is 29.2. The lowest BCUT2D eigenvalue weighted by molar-refractivity contribution is 0.553. The number of rotatable bonds is 4. The molecule has 2 N–H and O–H groups in total. The summed E-state index contributed by atoms with van der Waals surface area (Å²) in [6, 6.07) is 4.71. The summed E-state index contributed by atoms with van der Waals surface area (Å²) in [5.74, 6) is 0.567. The summed E-state index contributed by atoms with van der Waals surface area (Å²) in [5.41, 5.74) is 2.04. The summed E-state index contributed by atoms with van der Waals surface area (Å²) in [5, 5.41) is 10.9. The van der Waals surface area contributed by atoms with E-state index in [0.29, 0.717) is 5.82 Å². The number of anilines is 1. The molecule has 1 aromatic heterocycles. The van der Waals surface area contributed by atoms with Gasteiger partial charge in [0.1, 0.15) is 12.2 Å². The van der Waals surface area contributed by atoms with E-state index >= 15 is 0 Å². The van der Waals surface area contributed by atoms with Crippen molar-refractivity contribution in [1.82, 2.24) is 19.5 Å². The van der Waals surface area contributed by atoms with Crippen molar-refractivity contribution in [3.63, 3.8) is 0 Å². The first-order valence-corrected chi connectivity index (χ1v) is 8.19. The van der Waals surface area contributed by atoms with Crippen molar-refractivity contribution >= 4 is 15.7 Å². The van der Waals surface area contributed by atoms with Gasteiger partial charge in [0, 0.05) is 19.3 Å². The monoisotopic (exact) mass is 307 g/mol. The third-order valence-electron chi connectivity index (χ3n) is 3.57. The van der Waals surface area contributed by atoms with E-state index in [9.17, 15) is 8.42 Å². The fourth-order valence-corrected chi connectivity index (χ4v) is 3.70. The number of benzene rings is 1. The van der Waals surface area contributed by atoms with Crippen LogP contribution in [0.15, 0.2) is 29.4 Å². The normalized spacial score (nSPS) is 15.5. The van der Waals surface area contributed by atoms with Gasteiger partial charge in [0.15, 0.2) is 0 Å². The van der Waals surface area contributed by atoms with E-state index in [4.69, 9.17) is 0 Å². The number of nitrogens with zero attached hydrogens (tertiary/aromatic N) is 3. The molecule has 21 heavy (non-hydrogen) atoms. The molecular weight excluding hydrogens is 290 g/mol. The number of fused-ring (bicyclic) bond motifs is 1. The zero-order valence-electron chi connectivity index (χ0n) is 11.9. The molecule has 1 aliphatic rings. The Morgan fingerprint density at radius 2 is 2.24 bits per heavy atom. The molecule has 0 saturated heterocycles. The largest absolute Gasteiger partial charge is 0.384 e. The molecule has 0 radical (unpaired) electrons. The first-order chi connectivity index (χ1) is 9.97. The Labute approximate surface area is 123 Å². The van der Waals surface area contributed by atoms with Crippen LogP contribution in [0.5, 0.6) is 0 Å². The zero-order chi connectivity index (χ0) is 15.0. The van der Waals surface area contributed by atoms with Gasteiger partial charge in [-0.3, -0.25) is 0 Å². The Bertz CT molecular complexity index is 769. The lowest BCUT2D eigenvalue weighted by Crippen LogP contribution is -2.28. The fraction of sp³-hybridized carbons (Fsp3) is 0.385. The molecule has 1 aromatic carbocycles. The van der Waals surface area contributed by atoms with Gasteiger partial charge >= 0.3 is 0 Å². The van der Waals surface area contributed by atoms with Gasteiger partial charge in [-0.1, -0.05) is 6.07 Å². The van der Waals surface area contributed by atoms with Gasteiger partial charge < -0.3 is 9.88 Å². The van der Waals surface area contributed by atoms with E-state index in [2.05, 4.69) is 20.2 Å². The molecule has 0 aliphatic carbocycles. The SMILES string of the molecule is CC(NS(=O)(=O)c1ccc2c(c1)NCC2)c1nncn1C. The van der Waals surface area contributed by atoms with Crippen LogP contribution in [-0.4, -0.2) is 29.7 Å². The van der Waals surface area contributed by atoms with E-state index < -0.39 is 16.1 Å². The minimum absolute atomic E-state index is 0.254. The molecule has 7 nitrogen and oxygen atoms in total. The van der Waals surface area contributed by atoms with E-state index in [-0.39, 0.29) is 4.90 Å². The number of aromatic nitrogens is 3. The zero-order valence-corrected chi connectivity index (χ0v) is 12.7. The molecule has 1 aliphatic heterocycles. The Kier molecular flexibility index (Phi) is 3.42. The van der Waals surface area contributed by atoms with E-state index in [0.717, 1.165) is 24.2 Å². The molecule has 0 spiro atoms. The summed E-state index contributed by atoms with van der Waals surface area (Å²) >= 11 is 0. The highest BCUT2D eigenvalue weighted by Crippen LogP contribution is 2.26. The minimum Gasteiger partial charge on any atom is -0.384 e. The fourth-order valence-electron chi connectivity index (χ4n) is 2.47. The molecule has 1 atom stereocenters. The molecule has 2 aromatic rings. The lowest BCUT2D eigenvalue weighted by Gasteiger charge is -2.14. The average molecular weight is 307 g/mol.